The lowest BCUT2D eigenvalue weighted by Crippen LogP contribution is -2.70. The molecule has 0 heterocycles. The standard InChI is InChI=1S/C14H14F8/c15-11(13(17,18)19)7-4-8(12(11,16)14(20,21)22)10-6-2-1-5(3-6)9(7)10/h5-10H,1-4H2. The van der Waals surface area contributed by atoms with Crippen molar-refractivity contribution >= 4 is 0 Å². The van der Waals surface area contributed by atoms with Gasteiger partial charge in [0.1, 0.15) is 0 Å². The van der Waals surface area contributed by atoms with Gasteiger partial charge in [-0.3, -0.25) is 0 Å². The molecule has 0 radical (unpaired) electrons. The molecular weight excluding hydrogens is 320 g/mol. The van der Waals surface area contributed by atoms with Crippen molar-refractivity contribution in [3.8, 4) is 0 Å². The van der Waals surface area contributed by atoms with Crippen molar-refractivity contribution in [2.24, 2.45) is 35.5 Å². The number of rotatable bonds is 0. The minimum Gasteiger partial charge on any atom is -0.229 e. The van der Waals surface area contributed by atoms with Gasteiger partial charge in [-0.25, -0.2) is 8.78 Å². The van der Waals surface area contributed by atoms with Crippen LogP contribution in [0.25, 0.3) is 0 Å². The molecule has 0 aliphatic heterocycles. The second-order valence-electron chi connectivity index (χ2n) is 7.36. The predicted octanol–water partition coefficient (Wildman–Crippen LogP) is 4.84. The second-order valence-corrected chi connectivity index (χ2v) is 7.36. The third-order valence-corrected chi connectivity index (χ3v) is 6.86. The summed E-state index contributed by atoms with van der Waals surface area (Å²) < 4.78 is 109. The number of hydrogen-bond donors (Lipinski definition) is 0. The third-order valence-electron chi connectivity index (χ3n) is 6.86. The van der Waals surface area contributed by atoms with E-state index in [1.165, 1.54) is 0 Å². The minimum absolute atomic E-state index is 0.180. The van der Waals surface area contributed by atoms with Gasteiger partial charge in [0.05, 0.1) is 0 Å². The molecule has 4 rings (SSSR count). The molecule has 0 amide bonds. The molecule has 4 aliphatic rings. The highest BCUT2D eigenvalue weighted by molar-refractivity contribution is 5.29. The van der Waals surface area contributed by atoms with Gasteiger partial charge in [0.25, 0.3) is 11.3 Å². The maximum absolute atomic E-state index is 14.8. The summed E-state index contributed by atoms with van der Waals surface area (Å²) in [4.78, 5) is 0. The molecule has 8 heteroatoms. The molecule has 0 spiro atoms. The summed E-state index contributed by atoms with van der Waals surface area (Å²) in [5, 5.41) is 0. The van der Waals surface area contributed by atoms with E-state index < -0.39 is 53.8 Å². The third kappa shape index (κ3) is 1.30. The Morgan fingerprint density at radius 2 is 1.00 bits per heavy atom. The van der Waals surface area contributed by atoms with Crippen LogP contribution in [-0.2, 0) is 0 Å². The van der Waals surface area contributed by atoms with E-state index in [9.17, 15) is 35.1 Å². The van der Waals surface area contributed by atoms with Gasteiger partial charge in [0.2, 0.25) is 0 Å². The van der Waals surface area contributed by atoms with E-state index in [0.29, 0.717) is 19.3 Å². The smallest absolute Gasteiger partial charge is 0.229 e. The number of alkyl halides is 8. The Bertz CT molecular complexity index is 466. The van der Waals surface area contributed by atoms with E-state index in [2.05, 4.69) is 0 Å². The lowest BCUT2D eigenvalue weighted by molar-refractivity contribution is -0.367. The molecule has 4 bridgehead atoms. The number of halogens is 8. The Kier molecular flexibility index (Phi) is 2.55. The lowest BCUT2D eigenvalue weighted by Gasteiger charge is -2.50. The highest BCUT2D eigenvalue weighted by Gasteiger charge is 2.92. The maximum Gasteiger partial charge on any atom is 0.426 e. The molecule has 8 unspecified atom stereocenters. The van der Waals surface area contributed by atoms with Crippen LogP contribution in [-0.4, -0.2) is 23.7 Å². The molecule has 0 aromatic rings. The molecule has 126 valence electrons. The highest BCUT2D eigenvalue weighted by Crippen LogP contribution is 2.78. The Hall–Kier alpha value is -0.560. The molecule has 4 fully saturated rings. The van der Waals surface area contributed by atoms with Gasteiger partial charge in [-0.05, 0) is 49.4 Å². The first-order valence-electron chi connectivity index (χ1n) is 7.46. The normalized spacial score (nSPS) is 56.7. The van der Waals surface area contributed by atoms with Crippen LogP contribution < -0.4 is 0 Å². The highest BCUT2D eigenvalue weighted by atomic mass is 19.4. The van der Waals surface area contributed by atoms with Crippen LogP contribution in [0, 0.1) is 35.5 Å². The largest absolute Gasteiger partial charge is 0.426 e. The van der Waals surface area contributed by atoms with E-state index in [1.54, 1.807) is 0 Å². The Balaban J connectivity index is 1.88. The first-order chi connectivity index (χ1) is 9.94. The van der Waals surface area contributed by atoms with Crippen LogP contribution in [0.3, 0.4) is 0 Å². The first kappa shape index (κ1) is 15.0. The Morgan fingerprint density at radius 1 is 0.636 bits per heavy atom. The van der Waals surface area contributed by atoms with Crippen LogP contribution in [0.4, 0.5) is 35.1 Å². The number of fused-ring (bicyclic) bond motifs is 9. The maximum atomic E-state index is 14.8. The zero-order valence-electron chi connectivity index (χ0n) is 11.3. The average Bonchev–Trinajstić information content (AvgIpc) is 3.07. The van der Waals surface area contributed by atoms with Gasteiger partial charge in [-0.15, -0.1) is 0 Å². The molecule has 0 N–H and O–H groups in total. The predicted molar refractivity (Wildman–Crippen MR) is 59.2 cm³/mol. The van der Waals surface area contributed by atoms with Gasteiger partial charge in [0, 0.05) is 11.8 Å². The molecular formula is C14H14F8. The van der Waals surface area contributed by atoms with Crippen molar-refractivity contribution in [3.05, 3.63) is 0 Å². The van der Waals surface area contributed by atoms with Crippen LogP contribution in [0.2, 0.25) is 0 Å². The SMILES string of the molecule is FC(F)(F)C1(F)C2CC(C3C4CCC(C4)C32)C1(F)C(F)(F)F. The van der Waals surface area contributed by atoms with Gasteiger partial charge >= 0.3 is 12.4 Å². The van der Waals surface area contributed by atoms with E-state index >= 15 is 0 Å². The summed E-state index contributed by atoms with van der Waals surface area (Å²) in [7, 11) is 0. The van der Waals surface area contributed by atoms with Crippen LogP contribution >= 0.6 is 0 Å². The fourth-order valence-corrected chi connectivity index (χ4v) is 6.39. The van der Waals surface area contributed by atoms with Crippen molar-refractivity contribution in [1.29, 1.82) is 0 Å². The summed E-state index contributed by atoms with van der Waals surface area (Å²) >= 11 is 0. The average molecular weight is 334 g/mol. The quantitative estimate of drug-likeness (QED) is 0.439. The molecule has 0 aromatic heterocycles. The first-order valence-corrected chi connectivity index (χ1v) is 7.46. The topological polar surface area (TPSA) is 0 Å². The van der Waals surface area contributed by atoms with Gasteiger partial charge in [-0.2, -0.15) is 26.3 Å². The van der Waals surface area contributed by atoms with Gasteiger partial charge < -0.3 is 0 Å². The van der Waals surface area contributed by atoms with Crippen LogP contribution in [0.5, 0.6) is 0 Å². The molecule has 0 saturated heterocycles. The van der Waals surface area contributed by atoms with Gasteiger partial charge in [-0.1, -0.05) is 0 Å². The molecule has 0 nitrogen and oxygen atoms in total. The van der Waals surface area contributed by atoms with Crippen LogP contribution in [0.15, 0.2) is 0 Å². The summed E-state index contributed by atoms with van der Waals surface area (Å²) in [5.41, 5.74) is -9.62. The summed E-state index contributed by atoms with van der Waals surface area (Å²) in [6.07, 6.45) is -10.6. The zero-order valence-corrected chi connectivity index (χ0v) is 11.3. The Morgan fingerprint density at radius 3 is 1.32 bits per heavy atom. The van der Waals surface area contributed by atoms with Crippen molar-refractivity contribution < 1.29 is 35.1 Å². The van der Waals surface area contributed by atoms with E-state index in [-0.39, 0.29) is 11.8 Å². The molecule has 4 aliphatic carbocycles. The lowest BCUT2D eigenvalue weighted by atomic mass is 9.60. The van der Waals surface area contributed by atoms with Crippen molar-refractivity contribution in [2.75, 3.05) is 0 Å². The van der Waals surface area contributed by atoms with Crippen LogP contribution in [0.1, 0.15) is 25.7 Å². The van der Waals surface area contributed by atoms with Crippen molar-refractivity contribution in [2.45, 2.75) is 49.4 Å². The Labute approximate surface area is 121 Å². The number of hydrogen-bond acceptors (Lipinski definition) is 0. The second kappa shape index (κ2) is 3.74. The minimum atomic E-state index is -5.86. The van der Waals surface area contributed by atoms with E-state index in [4.69, 9.17) is 0 Å². The van der Waals surface area contributed by atoms with Gasteiger partial charge in [0.15, 0.2) is 0 Å². The molecule has 0 aromatic carbocycles. The fraction of sp³-hybridized carbons (Fsp3) is 1.00. The summed E-state index contributed by atoms with van der Waals surface area (Å²) in [6, 6.07) is 0. The van der Waals surface area contributed by atoms with Crippen molar-refractivity contribution in [3.63, 3.8) is 0 Å². The molecule has 4 saturated carbocycles. The summed E-state index contributed by atoms with van der Waals surface area (Å²) in [5.74, 6) is -5.66. The summed E-state index contributed by atoms with van der Waals surface area (Å²) in [6.45, 7) is 0. The monoisotopic (exact) mass is 334 g/mol. The zero-order chi connectivity index (χ0) is 16.3. The van der Waals surface area contributed by atoms with Crippen molar-refractivity contribution in [1.82, 2.24) is 0 Å². The molecule has 8 atom stereocenters. The fourth-order valence-electron chi connectivity index (χ4n) is 6.39. The van der Waals surface area contributed by atoms with E-state index in [1.807, 2.05) is 0 Å². The molecule has 22 heavy (non-hydrogen) atoms. The van der Waals surface area contributed by atoms with E-state index in [0.717, 1.165) is 0 Å².